The summed E-state index contributed by atoms with van der Waals surface area (Å²) in [5, 5.41) is 0. The van der Waals surface area contributed by atoms with Crippen LogP contribution in [0.5, 0.6) is 0 Å². The van der Waals surface area contributed by atoms with Crippen molar-refractivity contribution >= 4 is 83.5 Å². The van der Waals surface area contributed by atoms with Crippen LogP contribution in [0.3, 0.4) is 0 Å². The molecule has 0 amide bonds. The fourth-order valence-corrected chi connectivity index (χ4v) is 92.1. The molecule has 0 N–H and O–H groups in total. The van der Waals surface area contributed by atoms with Gasteiger partial charge in [-0.05, 0) is 0 Å². The van der Waals surface area contributed by atoms with E-state index in [-0.39, 0.29) is 0 Å². The van der Waals surface area contributed by atoms with Crippen LogP contribution in [0.15, 0.2) is 0 Å². The van der Waals surface area contributed by atoms with E-state index in [9.17, 15) is 0 Å². The third kappa shape index (κ3) is 11.3. The van der Waals surface area contributed by atoms with Gasteiger partial charge >= 0.3 is 86.0 Å². The van der Waals surface area contributed by atoms with E-state index in [1.54, 1.807) is 0 Å². The van der Waals surface area contributed by atoms with Crippen molar-refractivity contribution in [2.45, 2.75) is 2.45 Å². The van der Waals surface area contributed by atoms with Crippen molar-refractivity contribution in [3.8, 4) is 0 Å². The second-order valence-corrected chi connectivity index (χ2v) is 50.0. The average molecular weight is 464 g/mol. The molecule has 0 aliphatic heterocycles. The summed E-state index contributed by atoms with van der Waals surface area (Å²) in [5.41, 5.74) is 0. The minimum absolute atomic E-state index is 0.304. The summed E-state index contributed by atoms with van der Waals surface area (Å²) in [6, 6.07) is 0. The Kier molecular flexibility index (Phi) is 6.22. The van der Waals surface area contributed by atoms with Crippen molar-refractivity contribution in [2.75, 3.05) is 0 Å². The van der Waals surface area contributed by atoms with Gasteiger partial charge in [0.15, 0.2) is 0 Å². The second kappa shape index (κ2) is 4.54. The summed E-state index contributed by atoms with van der Waals surface area (Å²) in [6.07, 6.45) is 0. The van der Waals surface area contributed by atoms with E-state index in [0.717, 1.165) is 0 Å². The molecule has 0 bridgehead atoms. The first-order chi connectivity index (χ1) is 3.71. The maximum atomic E-state index is 5.56. The van der Waals surface area contributed by atoms with Gasteiger partial charge in [0.05, 0.1) is 0 Å². The quantitative estimate of drug-likeness (QED) is 0.546. The Morgan fingerprint density at radius 3 is 0.889 bits per heavy atom. The SMILES string of the molecule is [Cl][Sn]([Cl])([Cl])[CH2][Sn]([Cl])([Cl])[Cl]. The first-order valence-electron chi connectivity index (χ1n) is 1.84. The van der Waals surface area contributed by atoms with Gasteiger partial charge in [-0.3, -0.25) is 0 Å². The van der Waals surface area contributed by atoms with E-state index in [2.05, 4.69) is 0 Å². The van der Waals surface area contributed by atoms with Crippen LogP contribution in [0.25, 0.3) is 0 Å². The van der Waals surface area contributed by atoms with Crippen LogP contribution >= 0.6 is 53.5 Å². The van der Waals surface area contributed by atoms with Gasteiger partial charge in [0.2, 0.25) is 0 Å². The molecule has 0 aromatic carbocycles. The van der Waals surface area contributed by atoms with E-state index < -0.39 is 30.0 Å². The molecule has 0 radical (unpaired) electrons. The van der Waals surface area contributed by atoms with E-state index in [4.69, 9.17) is 53.5 Å². The molecule has 0 atom stereocenters. The zero-order valence-corrected chi connectivity index (χ0v) is 14.2. The van der Waals surface area contributed by atoms with Crippen molar-refractivity contribution < 1.29 is 0 Å². The van der Waals surface area contributed by atoms with Gasteiger partial charge in [0.1, 0.15) is 0 Å². The molecule has 56 valence electrons. The van der Waals surface area contributed by atoms with Crippen LogP contribution in [-0.4, -0.2) is 30.0 Å². The van der Waals surface area contributed by atoms with E-state index >= 15 is 0 Å². The summed E-state index contributed by atoms with van der Waals surface area (Å²) >= 11 is -6.66. The summed E-state index contributed by atoms with van der Waals surface area (Å²) in [7, 11) is 33.3. The minimum atomic E-state index is -3.33. The number of hydrogen-bond donors (Lipinski definition) is 0. The number of rotatable bonds is 2. The molecular formula is CH2Cl6Sn2. The molecule has 0 aliphatic carbocycles. The summed E-state index contributed by atoms with van der Waals surface area (Å²) in [6.45, 7) is 0. The Morgan fingerprint density at radius 1 is 0.667 bits per heavy atom. The first-order valence-corrected chi connectivity index (χ1v) is 27.6. The normalized spacial score (nSPS) is 14.0. The molecule has 0 heterocycles. The number of hydrogen-bond acceptors (Lipinski definition) is 0. The number of halogens is 6. The third-order valence-corrected chi connectivity index (χ3v) is 54.1. The Labute approximate surface area is 84.1 Å². The van der Waals surface area contributed by atoms with Gasteiger partial charge in [0.25, 0.3) is 0 Å². The monoisotopic (exact) mass is 464 g/mol. The predicted octanol–water partition coefficient (Wildman–Crippen LogP) is 3.84. The van der Waals surface area contributed by atoms with Crippen molar-refractivity contribution in [1.82, 2.24) is 0 Å². The molecule has 0 spiro atoms. The molecule has 0 unspecified atom stereocenters. The third-order valence-electron chi connectivity index (χ3n) is 0.401. The molecule has 8 heteroatoms. The molecule has 9 heavy (non-hydrogen) atoms. The molecular weight excluding hydrogens is 462 g/mol. The summed E-state index contributed by atoms with van der Waals surface area (Å²) in [5.74, 6) is 0. The van der Waals surface area contributed by atoms with Crippen LogP contribution in [0, 0.1) is 0 Å². The standard InChI is InChI=1S/CH2.6ClH.2Sn/h1H2;6*1H;;/q;;;;;;;2*+3/p-6. The fraction of sp³-hybridized carbons (Fsp3) is 1.00. The molecule has 0 aromatic heterocycles. The van der Waals surface area contributed by atoms with Crippen LogP contribution in [0.2, 0.25) is 2.45 Å². The predicted molar refractivity (Wildman–Crippen MR) is 51.4 cm³/mol. The van der Waals surface area contributed by atoms with Gasteiger partial charge in [-0.15, -0.1) is 0 Å². The topological polar surface area (TPSA) is 0 Å². The van der Waals surface area contributed by atoms with Gasteiger partial charge in [-0.1, -0.05) is 0 Å². The summed E-state index contributed by atoms with van der Waals surface area (Å²) in [4.78, 5) is 0. The molecule has 0 nitrogen and oxygen atoms in total. The van der Waals surface area contributed by atoms with E-state index in [1.807, 2.05) is 0 Å². The van der Waals surface area contributed by atoms with Crippen LogP contribution < -0.4 is 0 Å². The molecule has 0 fully saturated rings. The van der Waals surface area contributed by atoms with Gasteiger partial charge in [0, 0.05) is 0 Å². The van der Waals surface area contributed by atoms with Gasteiger partial charge in [-0.25, -0.2) is 0 Å². The maximum absolute atomic E-state index is 5.56. The Morgan fingerprint density at radius 2 is 0.889 bits per heavy atom. The molecule has 0 saturated heterocycles. The molecule has 0 aromatic rings. The Balaban J connectivity index is 3.75. The van der Waals surface area contributed by atoms with E-state index in [1.165, 1.54) is 0 Å². The fourth-order valence-electron chi connectivity index (χ4n) is 0.227. The van der Waals surface area contributed by atoms with Crippen molar-refractivity contribution in [2.24, 2.45) is 0 Å². The zero-order chi connectivity index (χ0) is 7.71. The van der Waals surface area contributed by atoms with Crippen molar-refractivity contribution in [3.63, 3.8) is 0 Å². The van der Waals surface area contributed by atoms with Crippen LogP contribution in [0.4, 0.5) is 0 Å². The molecule has 0 rings (SSSR count). The molecule has 0 saturated carbocycles. The van der Waals surface area contributed by atoms with Gasteiger partial charge in [-0.2, -0.15) is 0 Å². The Bertz CT molecular complexity index is 76.2. The Hall–Kier alpha value is 3.34. The van der Waals surface area contributed by atoms with Crippen molar-refractivity contribution in [3.05, 3.63) is 0 Å². The second-order valence-electron chi connectivity index (χ2n) is 1.41. The zero-order valence-electron chi connectivity index (χ0n) is 3.97. The van der Waals surface area contributed by atoms with E-state index in [0.29, 0.717) is 2.45 Å². The molecule has 0 aliphatic rings. The van der Waals surface area contributed by atoms with Crippen LogP contribution in [0.1, 0.15) is 0 Å². The van der Waals surface area contributed by atoms with Crippen LogP contribution in [-0.2, 0) is 0 Å². The average Bonchev–Trinajstić information content (AvgIpc) is 1.14. The van der Waals surface area contributed by atoms with Gasteiger partial charge < -0.3 is 0 Å². The summed E-state index contributed by atoms with van der Waals surface area (Å²) < 4.78 is 0.304. The van der Waals surface area contributed by atoms with Crippen molar-refractivity contribution in [1.29, 1.82) is 0 Å². The first kappa shape index (κ1) is 12.3.